The van der Waals surface area contributed by atoms with Crippen LogP contribution < -0.4 is 0 Å². The van der Waals surface area contributed by atoms with Crippen molar-refractivity contribution in [3.8, 4) is 0 Å². The summed E-state index contributed by atoms with van der Waals surface area (Å²) >= 11 is 0. The standard InChI is InChI=1S/C26H20F2/c1-16-5-7-17(8-6-16)21-3-2-4-23-25(18-9-11-19(27)12-10-18)24-15-20(28)13-14-22(24)26(21)23/h5-15H,2-4H2,1H3. The van der Waals surface area contributed by atoms with Gasteiger partial charge >= 0.3 is 0 Å². The van der Waals surface area contributed by atoms with Crippen LogP contribution in [0.2, 0.25) is 0 Å². The third kappa shape index (κ3) is 2.72. The molecule has 0 atom stereocenters. The Bertz CT molecular complexity index is 1130. The maximum absolute atomic E-state index is 14.2. The van der Waals surface area contributed by atoms with Gasteiger partial charge in [-0.05, 0) is 95.0 Å². The average molecular weight is 370 g/mol. The second kappa shape index (κ2) is 6.56. The predicted octanol–water partition coefficient (Wildman–Crippen LogP) is 7.18. The van der Waals surface area contributed by atoms with Crippen LogP contribution in [0.4, 0.5) is 8.78 Å². The van der Waals surface area contributed by atoms with Gasteiger partial charge in [0, 0.05) is 0 Å². The van der Waals surface area contributed by atoms with Crippen LogP contribution in [0.3, 0.4) is 0 Å². The van der Waals surface area contributed by atoms with Gasteiger partial charge in [-0.3, -0.25) is 0 Å². The van der Waals surface area contributed by atoms with Crippen LogP contribution >= 0.6 is 0 Å². The normalized spacial score (nSPS) is 15.7. The molecule has 2 aliphatic rings. The molecule has 0 amide bonds. The molecule has 0 spiro atoms. The Kier molecular flexibility index (Phi) is 4.01. The lowest BCUT2D eigenvalue weighted by Crippen LogP contribution is -2.00. The van der Waals surface area contributed by atoms with Crippen molar-refractivity contribution in [1.82, 2.24) is 0 Å². The first-order valence-electron chi connectivity index (χ1n) is 9.72. The van der Waals surface area contributed by atoms with Crippen molar-refractivity contribution < 1.29 is 8.78 Å². The van der Waals surface area contributed by atoms with E-state index in [1.54, 1.807) is 24.3 Å². The molecule has 2 heteroatoms. The Morgan fingerprint density at radius 3 is 2.00 bits per heavy atom. The highest BCUT2D eigenvalue weighted by Crippen LogP contribution is 2.52. The molecule has 0 heterocycles. The van der Waals surface area contributed by atoms with E-state index in [-0.39, 0.29) is 11.6 Å². The number of benzene rings is 3. The van der Waals surface area contributed by atoms with E-state index in [9.17, 15) is 8.78 Å². The predicted molar refractivity (Wildman–Crippen MR) is 111 cm³/mol. The van der Waals surface area contributed by atoms with Crippen LogP contribution in [0.5, 0.6) is 0 Å². The largest absolute Gasteiger partial charge is 0.207 e. The first-order valence-corrected chi connectivity index (χ1v) is 9.72. The minimum atomic E-state index is -0.258. The van der Waals surface area contributed by atoms with Crippen molar-refractivity contribution in [1.29, 1.82) is 0 Å². The molecule has 2 aliphatic carbocycles. The highest BCUT2D eigenvalue weighted by atomic mass is 19.1. The quantitative estimate of drug-likeness (QED) is 0.448. The van der Waals surface area contributed by atoms with Crippen molar-refractivity contribution in [2.24, 2.45) is 0 Å². The van der Waals surface area contributed by atoms with E-state index >= 15 is 0 Å². The van der Waals surface area contributed by atoms with Gasteiger partial charge in [0.25, 0.3) is 0 Å². The molecule has 138 valence electrons. The molecule has 0 N–H and O–H groups in total. The number of hydrogen-bond acceptors (Lipinski definition) is 0. The van der Waals surface area contributed by atoms with Gasteiger partial charge in [-0.25, -0.2) is 8.78 Å². The van der Waals surface area contributed by atoms with E-state index in [1.165, 1.54) is 40.0 Å². The summed E-state index contributed by atoms with van der Waals surface area (Å²) in [5, 5.41) is 0. The smallest absolute Gasteiger partial charge is 0.123 e. The van der Waals surface area contributed by atoms with Gasteiger partial charge in [-0.15, -0.1) is 0 Å². The number of hydrogen-bond donors (Lipinski definition) is 0. The molecule has 0 radical (unpaired) electrons. The maximum atomic E-state index is 14.2. The second-order valence-corrected chi connectivity index (χ2v) is 7.62. The summed E-state index contributed by atoms with van der Waals surface area (Å²) in [6.45, 7) is 2.09. The first kappa shape index (κ1) is 17.1. The lowest BCUT2D eigenvalue weighted by molar-refractivity contribution is 0.626. The minimum absolute atomic E-state index is 0.241. The SMILES string of the molecule is Cc1ccc(C2=C3C(=C(c4ccc(F)cc4)c4cc(F)ccc43)CCC2)cc1. The monoisotopic (exact) mass is 370 g/mol. The molecule has 0 nitrogen and oxygen atoms in total. The summed E-state index contributed by atoms with van der Waals surface area (Å²) in [7, 11) is 0. The number of fused-ring (bicyclic) bond motifs is 3. The van der Waals surface area contributed by atoms with E-state index in [1.807, 2.05) is 6.07 Å². The molecule has 0 saturated heterocycles. The molecular formula is C26H20F2. The van der Waals surface area contributed by atoms with Gasteiger partial charge < -0.3 is 0 Å². The minimum Gasteiger partial charge on any atom is -0.207 e. The Morgan fingerprint density at radius 1 is 0.607 bits per heavy atom. The zero-order chi connectivity index (χ0) is 19.3. The molecular weight excluding hydrogens is 350 g/mol. The van der Waals surface area contributed by atoms with Gasteiger partial charge in [0.2, 0.25) is 0 Å². The molecule has 0 unspecified atom stereocenters. The van der Waals surface area contributed by atoms with E-state index in [2.05, 4.69) is 31.2 Å². The van der Waals surface area contributed by atoms with Crippen molar-refractivity contribution in [2.75, 3.05) is 0 Å². The summed E-state index contributed by atoms with van der Waals surface area (Å²) in [5.41, 5.74) is 10.3. The molecule has 3 aromatic rings. The van der Waals surface area contributed by atoms with Gasteiger partial charge in [0.15, 0.2) is 0 Å². The van der Waals surface area contributed by atoms with Crippen LogP contribution in [0.1, 0.15) is 47.1 Å². The molecule has 0 fully saturated rings. The zero-order valence-electron chi connectivity index (χ0n) is 15.7. The lowest BCUT2D eigenvalue weighted by Gasteiger charge is -2.22. The second-order valence-electron chi connectivity index (χ2n) is 7.62. The Morgan fingerprint density at radius 2 is 1.25 bits per heavy atom. The zero-order valence-corrected chi connectivity index (χ0v) is 15.7. The summed E-state index contributed by atoms with van der Waals surface area (Å²) in [6.07, 6.45) is 3.02. The fourth-order valence-electron chi connectivity index (χ4n) is 4.54. The number of rotatable bonds is 2. The van der Waals surface area contributed by atoms with Crippen LogP contribution in [-0.2, 0) is 0 Å². The Labute approximate surface area is 163 Å². The van der Waals surface area contributed by atoms with Crippen LogP contribution in [-0.4, -0.2) is 0 Å². The third-order valence-corrected chi connectivity index (χ3v) is 5.81. The van der Waals surface area contributed by atoms with E-state index in [4.69, 9.17) is 0 Å². The van der Waals surface area contributed by atoms with E-state index in [0.29, 0.717) is 0 Å². The molecule has 0 bridgehead atoms. The molecule has 3 aromatic carbocycles. The van der Waals surface area contributed by atoms with Crippen molar-refractivity contribution >= 4 is 16.7 Å². The molecule has 0 aliphatic heterocycles. The van der Waals surface area contributed by atoms with Crippen molar-refractivity contribution in [3.05, 3.63) is 112 Å². The highest BCUT2D eigenvalue weighted by molar-refractivity contribution is 6.12. The topological polar surface area (TPSA) is 0 Å². The Hall–Kier alpha value is -3.00. The fraction of sp³-hybridized carbons (Fsp3) is 0.154. The van der Waals surface area contributed by atoms with Crippen LogP contribution in [0.25, 0.3) is 16.7 Å². The summed E-state index contributed by atoms with van der Waals surface area (Å²) < 4.78 is 27.7. The molecule has 0 saturated carbocycles. The molecule has 5 rings (SSSR count). The average Bonchev–Trinajstić information content (AvgIpc) is 3.03. The van der Waals surface area contributed by atoms with Gasteiger partial charge in [-0.1, -0.05) is 48.0 Å². The number of aryl methyl sites for hydroxylation is 1. The van der Waals surface area contributed by atoms with E-state index < -0.39 is 0 Å². The first-order chi connectivity index (χ1) is 13.6. The maximum Gasteiger partial charge on any atom is 0.123 e. The molecule has 28 heavy (non-hydrogen) atoms. The summed E-state index contributed by atoms with van der Waals surface area (Å²) in [5.74, 6) is -0.498. The van der Waals surface area contributed by atoms with Crippen molar-refractivity contribution in [3.63, 3.8) is 0 Å². The number of halogens is 2. The summed E-state index contributed by atoms with van der Waals surface area (Å²) in [4.78, 5) is 0. The third-order valence-electron chi connectivity index (χ3n) is 5.81. The highest BCUT2D eigenvalue weighted by Gasteiger charge is 2.32. The van der Waals surface area contributed by atoms with Gasteiger partial charge in [0.1, 0.15) is 11.6 Å². The van der Waals surface area contributed by atoms with Crippen LogP contribution in [0.15, 0.2) is 72.3 Å². The Balaban J connectivity index is 1.81. The fourth-order valence-corrected chi connectivity index (χ4v) is 4.54. The van der Waals surface area contributed by atoms with E-state index in [0.717, 1.165) is 41.5 Å². The lowest BCUT2D eigenvalue weighted by atomic mass is 9.82. The van der Waals surface area contributed by atoms with Crippen molar-refractivity contribution in [2.45, 2.75) is 26.2 Å². The van der Waals surface area contributed by atoms with Crippen LogP contribution in [0, 0.1) is 18.6 Å². The molecule has 0 aromatic heterocycles. The van der Waals surface area contributed by atoms with Gasteiger partial charge in [0.05, 0.1) is 0 Å². The van der Waals surface area contributed by atoms with Gasteiger partial charge in [-0.2, -0.15) is 0 Å². The summed E-state index contributed by atoms with van der Waals surface area (Å²) in [6, 6.07) is 20.3. The number of allylic oxidation sites excluding steroid dienone is 3.